The highest BCUT2D eigenvalue weighted by molar-refractivity contribution is 9.10. The Morgan fingerprint density at radius 2 is 2.12 bits per heavy atom. The van der Waals surface area contributed by atoms with E-state index in [2.05, 4.69) is 46.8 Å². The second-order valence-corrected chi connectivity index (χ2v) is 5.98. The Bertz CT molecular complexity index is 388. The van der Waals surface area contributed by atoms with Crippen LogP contribution in [0.4, 0.5) is 5.69 Å². The largest absolute Gasteiger partial charge is 0.392 e. The standard InChI is InChI=1S/C14H20BrNO/c1-10(2)16(8-11-3-4-11)13-6-5-12(9-17)14(15)7-13/h5-7,10-11,17H,3-4,8-9H2,1-2H3. The van der Waals surface area contributed by atoms with Crippen LogP contribution in [0.25, 0.3) is 0 Å². The molecule has 17 heavy (non-hydrogen) atoms. The van der Waals surface area contributed by atoms with Gasteiger partial charge in [0, 0.05) is 22.7 Å². The molecule has 1 N–H and O–H groups in total. The van der Waals surface area contributed by atoms with Crippen LogP contribution in [-0.4, -0.2) is 17.7 Å². The van der Waals surface area contributed by atoms with E-state index in [4.69, 9.17) is 5.11 Å². The maximum absolute atomic E-state index is 9.17. The van der Waals surface area contributed by atoms with Crippen LogP contribution in [0.2, 0.25) is 0 Å². The molecule has 0 aliphatic heterocycles. The van der Waals surface area contributed by atoms with Gasteiger partial charge < -0.3 is 10.0 Å². The van der Waals surface area contributed by atoms with Crippen molar-refractivity contribution >= 4 is 21.6 Å². The number of hydrogen-bond acceptors (Lipinski definition) is 2. The maximum Gasteiger partial charge on any atom is 0.0692 e. The Morgan fingerprint density at radius 3 is 2.59 bits per heavy atom. The van der Waals surface area contributed by atoms with Gasteiger partial charge in [-0.05, 0) is 50.3 Å². The van der Waals surface area contributed by atoms with Crippen LogP contribution in [0, 0.1) is 5.92 Å². The van der Waals surface area contributed by atoms with E-state index >= 15 is 0 Å². The van der Waals surface area contributed by atoms with Crippen molar-refractivity contribution in [3.8, 4) is 0 Å². The van der Waals surface area contributed by atoms with E-state index in [0.717, 1.165) is 22.5 Å². The van der Waals surface area contributed by atoms with E-state index < -0.39 is 0 Å². The number of anilines is 1. The Hall–Kier alpha value is -0.540. The molecule has 2 rings (SSSR count). The van der Waals surface area contributed by atoms with Crippen LogP contribution in [0.15, 0.2) is 22.7 Å². The molecule has 1 aromatic rings. The molecule has 1 saturated carbocycles. The van der Waals surface area contributed by atoms with Crippen LogP contribution < -0.4 is 4.90 Å². The van der Waals surface area contributed by atoms with Crippen LogP contribution >= 0.6 is 15.9 Å². The molecule has 0 unspecified atom stereocenters. The van der Waals surface area contributed by atoms with Gasteiger partial charge in [-0.15, -0.1) is 0 Å². The Balaban J connectivity index is 2.19. The van der Waals surface area contributed by atoms with Crippen molar-refractivity contribution in [1.29, 1.82) is 0 Å². The first-order chi connectivity index (χ1) is 8.11. The van der Waals surface area contributed by atoms with Crippen molar-refractivity contribution in [2.24, 2.45) is 5.92 Å². The predicted octanol–water partition coefficient (Wildman–Crippen LogP) is 3.57. The molecular formula is C14H20BrNO. The normalized spacial score (nSPS) is 15.4. The van der Waals surface area contributed by atoms with Gasteiger partial charge in [-0.25, -0.2) is 0 Å². The molecule has 1 aromatic carbocycles. The maximum atomic E-state index is 9.17. The van der Waals surface area contributed by atoms with Crippen LogP contribution in [0.5, 0.6) is 0 Å². The summed E-state index contributed by atoms with van der Waals surface area (Å²) in [5.74, 6) is 0.883. The van der Waals surface area contributed by atoms with Crippen molar-refractivity contribution in [2.45, 2.75) is 39.3 Å². The number of nitrogens with zero attached hydrogens (tertiary/aromatic N) is 1. The Morgan fingerprint density at radius 1 is 1.41 bits per heavy atom. The molecule has 3 heteroatoms. The summed E-state index contributed by atoms with van der Waals surface area (Å²) in [6.07, 6.45) is 2.75. The lowest BCUT2D eigenvalue weighted by molar-refractivity contribution is 0.281. The summed E-state index contributed by atoms with van der Waals surface area (Å²) in [5, 5.41) is 9.17. The van der Waals surface area contributed by atoms with Crippen molar-refractivity contribution in [3.63, 3.8) is 0 Å². The number of rotatable bonds is 5. The van der Waals surface area contributed by atoms with Crippen molar-refractivity contribution in [1.82, 2.24) is 0 Å². The summed E-state index contributed by atoms with van der Waals surface area (Å²) in [5.41, 5.74) is 2.19. The average Bonchev–Trinajstić information content (AvgIpc) is 3.09. The highest BCUT2D eigenvalue weighted by Gasteiger charge is 2.25. The van der Waals surface area contributed by atoms with Gasteiger partial charge in [0.15, 0.2) is 0 Å². The lowest BCUT2D eigenvalue weighted by Crippen LogP contribution is -2.32. The van der Waals surface area contributed by atoms with Crippen LogP contribution in [-0.2, 0) is 6.61 Å². The molecule has 1 aliphatic rings. The molecule has 2 nitrogen and oxygen atoms in total. The third kappa shape index (κ3) is 3.23. The summed E-state index contributed by atoms with van der Waals surface area (Å²) < 4.78 is 0.999. The number of aliphatic hydroxyl groups excluding tert-OH is 1. The van der Waals surface area contributed by atoms with Crippen molar-refractivity contribution in [2.75, 3.05) is 11.4 Å². The second kappa shape index (κ2) is 5.40. The van der Waals surface area contributed by atoms with Gasteiger partial charge in [0.05, 0.1) is 6.61 Å². The molecule has 94 valence electrons. The van der Waals surface area contributed by atoms with E-state index in [0.29, 0.717) is 6.04 Å². The van der Waals surface area contributed by atoms with E-state index in [9.17, 15) is 0 Å². The summed E-state index contributed by atoms with van der Waals surface area (Å²) in [7, 11) is 0. The van der Waals surface area contributed by atoms with E-state index in [1.807, 2.05) is 6.07 Å². The minimum absolute atomic E-state index is 0.0885. The molecule has 0 spiro atoms. The summed E-state index contributed by atoms with van der Waals surface area (Å²) >= 11 is 3.52. The Labute approximate surface area is 112 Å². The van der Waals surface area contributed by atoms with Gasteiger partial charge in [0.1, 0.15) is 0 Å². The predicted molar refractivity (Wildman–Crippen MR) is 75.3 cm³/mol. The lowest BCUT2D eigenvalue weighted by atomic mass is 10.1. The van der Waals surface area contributed by atoms with Gasteiger partial charge in [0.2, 0.25) is 0 Å². The zero-order valence-corrected chi connectivity index (χ0v) is 12.1. The molecule has 1 aliphatic carbocycles. The van der Waals surface area contributed by atoms with Crippen molar-refractivity contribution < 1.29 is 5.11 Å². The average molecular weight is 298 g/mol. The van der Waals surface area contributed by atoms with E-state index in [1.165, 1.54) is 18.5 Å². The van der Waals surface area contributed by atoms with Crippen molar-refractivity contribution in [3.05, 3.63) is 28.2 Å². The molecule has 0 bridgehead atoms. The van der Waals surface area contributed by atoms with E-state index in [-0.39, 0.29) is 6.61 Å². The van der Waals surface area contributed by atoms with Crippen LogP contribution in [0.1, 0.15) is 32.3 Å². The number of hydrogen-bond donors (Lipinski definition) is 1. The highest BCUT2D eigenvalue weighted by atomic mass is 79.9. The van der Waals surface area contributed by atoms with Gasteiger partial charge in [-0.2, -0.15) is 0 Å². The number of aliphatic hydroxyl groups is 1. The van der Waals surface area contributed by atoms with Gasteiger partial charge >= 0.3 is 0 Å². The summed E-state index contributed by atoms with van der Waals surface area (Å²) in [6.45, 7) is 5.71. The molecule has 1 fully saturated rings. The smallest absolute Gasteiger partial charge is 0.0692 e. The summed E-state index contributed by atoms with van der Waals surface area (Å²) in [6, 6.07) is 6.75. The fraction of sp³-hybridized carbons (Fsp3) is 0.571. The zero-order chi connectivity index (χ0) is 12.4. The lowest BCUT2D eigenvalue weighted by Gasteiger charge is -2.29. The fourth-order valence-corrected chi connectivity index (χ4v) is 2.53. The van der Waals surface area contributed by atoms with Gasteiger partial charge in [-0.3, -0.25) is 0 Å². The number of benzene rings is 1. The van der Waals surface area contributed by atoms with Crippen LogP contribution in [0.3, 0.4) is 0 Å². The Kier molecular flexibility index (Phi) is 4.10. The highest BCUT2D eigenvalue weighted by Crippen LogP contribution is 2.33. The second-order valence-electron chi connectivity index (χ2n) is 5.12. The molecule has 0 heterocycles. The first-order valence-corrected chi connectivity index (χ1v) is 7.07. The zero-order valence-electron chi connectivity index (χ0n) is 10.5. The first kappa shape index (κ1) is 12.9. The third-order valence-electron chi connectivity index (χ3n) is 3.31. The molecule has 0 saturated heterocycles. The minimum Gasteiger partial charge on any atom is -0.392 e. The molecule has 0 atom stereocenters. The topological polar surface area (TPSA) is 23.5 Å². The minimum atomic E-state index is 0.0885. The monoisotopic (exact) mass is 297 g/mol. The first-order valence-electron chi connectivity index (χ1n) is 6.27. The third-order valence-corrected chi connectivity index (χ3v) is 4.05. The number of halogens is 1. The molecule has 0 radical (unpaired) electrons. The fourth-order valence-electron chi connectivity index (χ4n) is 2.04. The van der Waals surface area contributed by atoms with Gasteiger partial charge in [-0.1, -0.05) is 22.0 Å². The SMILES string of the molecule is CC(C)N(CC1CC1)c1ccc(CO)c(Br)c1. The quantitative estimate of drug-likeness (QED) is 0.898. The van der Waals surface area contributed by atoms with E-state index in [1.54, 1.807) is 0 Å². The van der Waals surface area contributed by atoms with Gasteiger partial charge in [0.25, 0.3) is 0 Å². The molecular weight excluding hydrogens is 278 g/mol. The molecule has 0 aromatic heterocycles. The summed E-state index contributed by atoms with van der Waals surface area (Å²) in [4.78, 5) is 2.45. The molecule has 0 amide bonds.